The molecule has 0 spiro atoms. The highest BCUT2D eigenvalue weighted by Gasteiger charge is 2.42. The summed E-state index contributed by atoms with van der Waals surface area (Å²) in [6, 6.07) is 4.53. The van der Waals surface area contributed by atoms with Crippen molar-refractivity contribution in [2.75, 3.05) is 32.7 Å². The molecule has 28 heavy (non-hydrogen) atoms. The van der Waals surface area contributed by atoms with Crippen molar-refractivity contribution in [2.24, 2.45) is 5.92 Å². The largest absolute Gasteiger partial charge is 0.338 e. The van der Waals surface area contributed by atoms with E-state index < -0.39 is 21.9 Å². The summed E-state index contributed by atoms with van der Waals surface area (Å²) in [5.74, 6) is -0.518. The third-order valence-electron chi connectivity index (χ3n) is 5.73. The van der Waals surface area contributed by atoms with Gasteiger partial charge < -0.3 is 9.80 Å². The molecule has 2 saturated heterocycles. The Morgan fingerprint density at radius 3 is 2.32 bits per heavy atom. The quantitative estimate of drug-likeness (QED) is 0.745. The summed E-state index contributed by atoms with van der Waals surface area (Å²) in [5.41, 5.74) is 0. The van der Waals surface area contributed by atoms with Crippen LogP contribution in [0.25, 0.3) is 0 Å². The number of benzene rings is 1. The summed E-state index contributed by atoms with van der Waals surface area (Å²) in [6.07, 6.45) is 3.31. The van der Waals surface area contributed by atoms with Crippen molar-refractivity contribution in [3.05, 3.63) is 30.1 Å². The van der Waals surface area contributed by atoms with Crippen molar-refractivity contribution in [1.29, 1.82) is 0 Å². The first-order valence-corrected chi connectivity index (χ1v) is 11.2. The fraction of sp³-hybridized carbons (Fsp3) is 0.579. The normalized spacial score (nSPS) is 23.8. The van der Waals surface area contributed by atoms with Crippen molar-refractivity contribution in [2.45, 2.75) is 36.6 Å². The Morgan fingerprint density at radius 2 is 1.68 bits per heavy atom. The van der Waals surface area contributed by atoms with Crippen LogP contribution >= 0.6 is 0 Å². The van der Waals surface area contributed by atoms with E-state index in [0.717, 1.165) is 25.3 Å². The summed E-state index contributed by atoms with van der Waals surface area (Å²) in [4.78, 5) is 28.6. The molecule has 2 amide bonds. The number of hydrogen-bond acceptors (Lipinski definition) is 4. The topological polar surface area (TPSA) is 78.0 Å². The number of rotatable bonds is 4. The molecule has 0 radical (unpaired) electrons. The van der Waals surface area contributed by atoms with Gasteiger partial charge in [0.05, 0.1) is 4.90 Å². The molecule has 0 aromatic heterocycles. The van der Waals surface area contributed by atoms with Gasteiger partial charge in [-0.05, 0) is 43.9 Å². The molecule has 1 saturated carbocycles. The van der Waals surface area contributed by atoms with Gasteiger partial charge in [0.25, 0.3) is 0 Å². The minimum Gasteiger partial charge on any atom is -0.338 e. The molecule has 1 aromatic rings. The van der Waals surface area contributed by atoms with Crippen LogP contribution in [0.15, 0.2) is 29.2 Å². The highest BCUT2D eigenvalue weighted by atomic mass is 32.2. The van der Waals surface area contributed by atoms with Crippen molar-refractivity contribution in [3.63, 3.8) is 0 Å². The SMILES string of the molecule is O=C(C1CCCN1C(=O)C1CC1)N1CCN(S(=O)(=O)c2cccc(F)c2)CC1. The molecule has 1 aromatic carbocycles. The second-order valence-electron chi connectivity index (χ2n) is 7.65. The average Bonchev–Trinajstić information content (AvgIpc) is 3.43. The monoisotopic (exact) mass is 409 g/mol. The maximum atomic E-state index is 13.4. The molecule has 1 atom stereocenters. The number of likely N-dealkylation sites (tertiary alicyclic amines) is 1. The van der Waals surface area contributed by atoms with Crippen LogP contribution in [0.1, 0.15) is 25.7 Å². The molecule has 1 aliphatic carbocycles. The van der Waals surface area contributed by atoms with Gasteiger partial charge in [-0.15, -0.1) is 0 Å². The predicted molar refractivity (Wildman–Crippen MR) is 99.2 cm³/mol. The maximum Gasteiger partial charge on any atom is 0.245 e. The number of sulfonamides is 1. The van der Waals surface area contributed by atoms with Gasteiger partial charge in [0.15, 0.2) is 0 Å². The Bertz CT molecular complexity index is 879. The lowest BCUT2D eigenvalue weighted by atomic mass is 10.1. The average molecular weight is 409 g/mol. The number of carbonyl (C=O) groups excluding carboxylic acids is 2. The molecule has 1 unspecified atom stereocenters. The predicted octanol–water partition coefficient (Wildman–Crippen LogP) is 1.06. The Hall–Kier alpha value is -2.00. The van der Waals surface area contributed by atoms with Gasteiger partial charge in [0, 0.05) is 38.6 Å². The number of hydrogen-bond donors (Lipinski definition) is 0. The van der Waals surface area contributed by atoms with Gasteiger partial charge in [-0.1, -0.05) is 6.07 Å². The number of nitrogens with zero attached hydrogens (tertiary/aromatic N) is 3. The van der Waals surface area contributed by atoms with Crippen LogP contribution in [0.3, 0.4) is 0 Å². The summed E-state index contributed by atoms with van der Waals surface area (Å²) in [5, 5.41) is 0. The Balaban J connectivity index is 1.39. The minimum absolute atomic E-state index is 0.0794. The minimum atomic E-state index is -3.79. The first kappa shape index (κ1) is 19.3. The summed E-state index contributed by atoms with van der Waals surface area (Å²) < 4.78 is 40.1. The standard InChI is InChI=1S/C19H24FN3O4S/c20-15-3-1-4-16(13-15)28(26,27)22-11-9-21(10-12-22)19(25)17-5-2-8-23(17)18(24)14-6-7-14/h1,3-4,13-14,17H,2,5-12H2. The third kappa shape index (κ3) is 3.65. The highest BCUT2D eigenvalue weighted by Crippen LogP contribution is 2.34. The molecule has 4 rings (SSSR count). The van der Waals surface area contributed by atoms with Crippen molar-refractivity contribution >= 4 is 21.8 Å². The van der Waals surface area contributed by atoms with Gasteiger partial charge in [0.1, 0.15) is 11.9 Å². The van der Waals surface area contributed by atoms with Crippen LogP contribution in [0.5, 0.6) is 0 Å². The van der Waals surface area contributed by atoms with E-state index in [1.807, 2.05) is 0 Å². The number of amides is 2. The van der Waals surface area contributed by atoms with Crippen molar-refractivity contribution < 1.29 is 22.4 Å². The van der Waals surface area contributed by atoms with Crippen LogP contribution < -0.4 is 0 Å². The van der Waals surface area contributed by atoms with Gasteiger partial charge in [-0.2, -0.15) is 4.31 Å². The number of piperazine rings is 1. The van der Waals surface area contributed by atoms with E-state index in [-0.39, 0.29) is 48.8 Å². The van der Waals surface area contributed by atoms with Gasteiger partial charge in [-0.3, -0.25) is 9.59 Å². The van der Waals surface area contributed by atoms with E-state index in [0.29, 0.717) is 13.0 Å². The molecule has 2 aliphatic heterocycles. The van der Waals surface area contributed by atoms with Crippen molar-refractivity contribution in [3.8, 4) is 0 Å². The zero-order valence-electron chi connectivity index (χ0n) is 15.6. The second kappa shape index (κ2) is 7.44. The maximum absolute atomic E-state index is 13.4. The van der Waals surface area contributed by atoms with E-state index in [2.05, 4.69) is 0 Å². The van der Waals surface area contributed by atoms with Crippen LogP contribution in [-0.4, -0.2) is 73.1 Å². The fourth-order valence-corrected chi connectivity index (χ4v) is 5.44. The van der Waals surface area contributed by atoms with E-state index in [1.165, 1.54) is 22.5 Å². The zero-order chi connectivity index (χ0) is 19.9. The molecule has 0 bridgehead atoms. The van der Waals surface area contributed by atoms with Crippen LogP contribution in [0.2, 0.25) is 0 Å². The summed E-state index contributed by atoms with van der Waals surface area (Å²) >= 11 is 0. The molecule has 2 heterocycles. The lowest BCUT2D eigenvalue weighted by molar-refractivity contribution is -0.145. The first-order valence-electron chi connectivity index (χ1n) is 9.73. The number of carbonyl (C=O) groups is 2. The van der Waals surface area contributed by atoms with Crippen LogP contribution in [-0.2, 0) is 19.6 Å². The Kier molecular flexibility index (Phi) is 5.13. The Morgan fingerprint density at radius 1 is 0.964 bits per heavy atom. The molecule has 3 aliphatic rings. The molecule has 152 valence electrons. The van der Waals surface area contributed by atoms with E-state index in [9.17, 15) is 22.4 Å². The summed E-state index contributed by atoms with van der Waals surface area (Å²) in [7, 11) is -3.79. The lowest BCUT2D eigenvalue weighted by Gasteiger charge is -2.36. The Labute approximate surface area is 164 Å². The van der Waals surface area contributed by atoms with Crippen LogP contribution in [0.4, 0.5) is 4.39 Å². The molecule has 7 nitrogen and oxygen atoms in total. The van der Waals surface area contributed by atoms with Gasteiger partial charge in [0.2, 0.25) is 21.8 Å². The molecular weight excluding hydrogens is 385 g/mol. The van der Waals surface area contributed by atoms with Gasteiger partial charge in [-0.25, -0.2) is 12.8 Å². The van der Waals surface area contributed by atoms with Gasteiger partial charge >= 0.3 is 0 Å². The highest BCUT2D eigenvalue weighted by molar-refractivity contribution is 7.89. The number of halogens is 1. The van der Waals surface area contributed by atoms with Crippen molar-refractivity contribution in [1.82, 2.24) is 14.1 Å². The fourth-order valence-electron chi connectivity index (χ4n) is 3.99. The third-order valence-corrected chi connectivity index (χ3v) is 7.63. The first-order chi connectivity index (χ1) is 13.4. The molecule has 0 N–H and O–H groups in total. The molecule has 9 heteroatoms. The molecular formula is C19H24FN3O4S. The van der Waals surface area contributed by atoms with E-state index >= 15 is 0 Å². The zero-order valence-corrected chi connectivity index (χ0v) is 16.4. The van der Waals surface area contributed by atoms with Crippen LogP contribution in [0, 0.1) is 11.7 Å². The smallest absolute Gasteiger partial charge is 0.245 e. The van der Waals surface area contributed by atoms with E-state index in [4.69, 9.17) is 0 Å². The van der Waals surface area contributed by atoms with E-state index in [1.54, 1.807) is 9.80 Å². The molecule has 3 fully saturated rings. The summed E-state index contributed by atoms with van der Waals surface area (Å²) in [6.45, 7) is 1.49. The lowest BCUT2D eigenvalue weighted by Crippen LogP contribution is -2.55. The second-order valence-corrected chi connectivity index (χ2v) is 9.59.